The first-order chi connectivity index (χ1) is 9.58. The molecule has 2 atom stereocenters. The monoisotopic (exact) mass is 373 g/mol. The number of hydrogen-bond donors (Lipinski definition) is 1. The van der Waals surface area contributed by atoms with Gasteiger partial charge in [0.2, 0.25) is 0 Å². The van der Waals surface area contributed by atoms with Crippen LogP contribution in [-0.2, 0) is 6.54 Å². The molecule has 0 spiro atoms. The van der Waals surface area contributed by atoms with Crippen molar-refractivity contribution in [1.29, 1.82) is 0 Å². The molecule has 0 radical (unpaired) electrons. The van der Waals surface area contributed by atoms with E-state index in [0.717, 1.165) is 25.7 Å². The molecule has 0 bridgehead atoms. The van der Waals surface area contributed by atoms with Crippen molar-refractivity contribution >= 4 is 50.8 Å². The van der Waals surface area contributed by atoms with Crippen molar-refractivity contribution in [3.05, 3.63) is 38.4 Å². The number of halogens is 2. The molecule has 0 aromatic carbocycles. The van der Waals surface area contributed by atoms with Crippen molar-refractivity contribution in [3.63, 3.8) is 0 Å². The zero-order valence-electron chi connectivity index (χ0n) is 10.7. The maximum Gasteiger partial charge on any atom is 0.198 e. The molecule has 2 aromatic rings. The van der Waals surface area contributed by atoms with Gasteiger partial charge in [-0.25, -0.2) is 0 Å². The van der Waals surface area contributed by atoms with E-state index in [2.05, 4.69) is 20.9 Å². The van der Waals surface area contributed by atoms with Crippen LogP contribution in [0.2, 0.25) is 0 Å². The standard InChI is InChI=1S/C13H13BrClN3OS/c1-7(16)12-10(14)11-9(20-12)5-17-13(15)18(11)6-8-3-2-4-19-8/h2-5,7,13H,6,16H2,1H3/t7-,13?/m0/s1. The predicted molar refractivity (Wildman–Crippen MR) is 86.7 cm³/mol. The van der Waals surface area contributed by atoms with Gasteiger partial charge in [0.1, 0.15) is 5.76 Å². The van der Waals surface area contributed by atoms with Crippen LogP contribution in [0, 0.1) is 0 Å². The third-order valence-electron chi connectivity index (χ3n) is 3.06. The predicted octanol–water partition coefficient (Wildman–Crippen LogP) is 4.08. The Labute approximate surface area is 134 Å². The molecule has 1 unspecified atom stereocenters. The zero-order valence-corrected chi connectivity index (χ0v) is 13.9. The molecule has 4 nitrogen and oxygen atoms in total. The van der Waals surface area contributed by atoms with Gasteiger partial charge in [-0.2, -0.15) is 0 Å². The van der Waals surface area contributed by atoms with Crippen LogP contribution < -0.4 is 10.6 Å². The highest BCUT2D eigenvalue weighted by Crippen LogP contribution is 2.45. The lowest BCUT2D eigenvalue weighted by Gasteiger charge is -2.29. The first-order valence-corrected chi connectivity index (χ1v) is 8.16. The van der Waals surface area contributed by atoms with Crippen molar-refractivity contribution in [2.45, 2.75) is 25.1 Å². The second kappa shape index (κ2) is 5.52. The minimum Gasteiger partial charge on any atom is -0.467 e. The van der Waals surface area contributed by atoms with Crippen LogP contribution in [-0.4, -0.2) is 11.8 Å². The number of thiophene rings is 1. The van der Waals surface area contributed by atoms with E-state index in [9.17, 15) is 0 Å². The maximum absolute atomic E-state index is 6.33. The second-order valence-corrected chi connectivity index (χ2v) is 6.85. The van der Waals surface area contributed by atoms with Gasteiger partial charge in [0.15, 0.2) is 5.62 Å². The Morgan fingerprint density at radius 3 is 3.10 bits per heavy atom. The molecule has 0 saturated carbocycles. The summed E-state index contributed by atoms with van der Waals surface area (Å²) in [6, 6.07) is 3.75. The summed E-state index contributed by atoms with van der Waals surface area (Å²) >= 11 is 11.6. The molecule has 1 aliphatic rings. The number of nitrogens with two attached hydrogens (primary N) is 1. The van der Waals surface area contributed by atoms with E-state index >= 15 is 0 Å². The minimum absolute atomic E-state index is 0.0346. The topological polar surface area (TPSA) is 54.8 Å². The lowest BCUT2D eigenvalue weighted by molar-refractivity contribution is 0.499. The average molecular weight is 375 g/mol. The Morgan fingerprint density at radius 2 is 2.45 bits per heavy atom. The molecular formula is C13H13BrClN3OS. The van der Waals surface area contributed by atoms with Crippen LogP contribution in [0.1, 0.15) is 28.5 Å². The van der Waals surface area contributed by atoms with Gasteiger partial charge in [-0.15, -0.1) is 11.3 Å². The van der Waals surface area contributed by atoms with Gasteiger partial charge in [-0.3, -0.25) is 4.99 Å². The van der Waals surface area contributed by atoms with Crippen molar-refractivity contribution in [2.24, 2.45) is 10.7 Å². The zero-order chi connectivity index (χ0) is 14.3. The molecule has 2 N–H and O–H groups in total. The van der Waals surface area contributed by atoms with Gasteiger partial charge in [0, 0.05) is 17.1 Å². The number of anilines is 1. The molecule has 20 heavy (non-hydrogen) atoms. The summed E-state index contributed by atoms with van der Waals surface area (Å²) in [7, 11) is 0. The second-order valence-electron chi connectivity index (χ2n) is 4.58. The number of alkyl halides is 1. The van der Waals surface area contributed by atoms with Crippen LogP contribution in [0.4, 0.5) is 5.69 Å². The Kier molecular flexibility index (Phi) is 3.90. The van der Waals surface area contributed by atoms with Crippen molar-refractivity contribution in [2.75, 3.05) is 4.90 Å². The SMILES string of the molecule is C[C@H](N)c1sc2c(c1Br)N(Cc1ccco1)C(Cl)N=C2. The van der Waals surface area contributed by atoms with E-state index in [-0.39, 0.29) is 6.04 Å². The molecule has 2 aromatic heterocycles. The minimum atomic E-state index is -0.445. The highest BCUT2D eigenvalue weighted by Gasteiger charge is 2.29. The number of hydrogen-bond acceptors (Lipinski definition) is 5. The number of nitrogens with zero attached hydrogens (tertiary/aromatic N) is 2. The van der Waals surface area contributed by atoms with E-state index < -0.39 is 5.62 Å². The van der Waals surface area contributed by atoms with Crippen LogP contribution in [0.5, 0.6) is 0 Å². The molecule has 3 heterocycles. The highest BCUT2D eigenvalue weighted by molar-refractivity contribution is 9.10. The Balaban J connectivity index is 2.02. The van der Waals surface area contributed by atoms with Gasteiger partial charge < -0.3 is 15.1 Å². The summed E-state index contributed by atoms with van der Waals surface area (Å²) in [5, 5.41) is 0. The van der Waals surface area contributed by atoms with E-state index in [1.165, 1.54) is 0 Å². The molecule has 0 amide bonds. The maximum atomic E-state index is 6.33. The van der Waals surface area contributed by atoms with Crippen LogP contribution in [0.15, 0.2) is 32.3 Å². The largest absolute Gasteiger partial charge is 0.467 e. The molecule has 1 aliphatic heterocycles. The first-order valence-electron chi connectivity index (χ1n) is 6.12. The molecule has 3 rings (SSSR count). The van der Waals surface area contributed by atoms with Crippen molar-refractivity contribution < 1.29 is 4.42 Å². The van der Waals surface area contributed by atoms with Crippen LogP contribution >= 0.6 is 38.9 Å². The Morgan fingerprint density at radius 1 is 1.65 bits per heavy atom. The lowest BCUT2D eigenvalue weighted by atomic mass is 10.2. The third kappa shape index (κ3) is 2.41. The summed E-state index contributed by atoms with van der Waals surface area (Å²) in [6.07, 6.45) is 3.47. The van der Waals surface area contributed by atoms with E-state index in [0.29, 0.717) is 6.54 Å². The molecule has 0 aliphatic carbocycles. The number of furan rings is 1. The third-order valence-corrected chi connectivity index (χ3v) is 5.78. The van der Waals surface area contributed by atoms with Gasteiger partial charge in [-0.05, 0) is 35.0 Å². The quantitative estimate of drug-likeness (QED) is 0.650. The number of fused-ring (bicyclic) bond motifs is 1. The van der Waals surface area contributed by atoms with Crippen LogP contribution in [0.25, 0.3) is 0 Å². The fourth-order valence-electron chi connectivity index (χ4n) is 2.13. The van der Waals surface area contributed by atoms with Gasteiger partial charge >= 0.3 is 0 Å². The molecule has 0 fully saturated rings. The van der Waals surface area contributed by atoms with Gasteiger partial charge in [0.25, 0.3) is 0 Å². The van der Waals surface area contributed by atoms with Crippen molar-refractivity contribution in [1.82, 2.24) is 0 Å². The van der Waals surface area contributed by atoms with Crippen LogP contribution in [0.3, 0.4) is 0 Å². The molecule has 106 valence electrons. The van der Waals surface area contributed by atoms with E-state index in [1.807, 2.05) is 30.2 Å². The number of rotatable bonds is 3. The van der Waals surface area contributed by atoms with E-state index in [1.54, 1.807) is 17.6 Å². The summed E-state index contributed by atoms with van der Waals surface area (Å²) in [6.45, 7) is 2.54. The normalized spacial score (nSPS) is 19.2. The Hall–Kier alpha value is -0.820. The summed E-state index contributed by atoms with van der Waals surface area (Å²) < 4.78 is 6.40. The smallest absolute Gasteiger partial charge is 0.198 e. The highest BCUT2D eigenvalue weighted by atomic mass is 79.9. The summed E-state index contributed by atoms with van der Waals surface area (Å²) in [5.41, 5.74) is 6.60. The first kappa shape index (κ1) is 14.1. The molecule has 7 heteroatoms. The van der Waals surface area contributed by atoms with Crippen molar-refractivity contribution in [3.8, 4) is 0 Å². The van der Waals surface area contributed by atoms with Gasteiger partial charge in [-0.1, -0.05) is 11.6 Å². The fourth-order valence-corrected chi connectivity index (χ4v) is 4.56. The summed E-state index contributed by atoms with van der Waals surface area (Å²) in [4.78, 5) is 8.48. The molecular weight excluding hydrogens is 362 g/mol. The summed E-state index contributed by atoms with van der Waals surface area (Å²) in [5.74, 6) is 0.846. The lowest BCUT2D eigenvalue weighted by Crippen LogP contribution is -2.32. The Bertz CT molecular complexity index is 638. The average Bonchev–Trinajstić information content (AvgIpc) is 3.01. The van der Waals surface area contributed by atoms with Gasteiger partial charge in [0.05, 0.1) is 27.8 Å². The fraction of sp³-hybridized carbons (Fsp3) is 0.308. The van der Waals surface area contributed by atoms with E-state index in [4.69, 9.17) is 21.8 Å². The molecule has 0 saturated heterocycles. The number of aliphatic imine (C=N–C) groups is 1.